The normalized spacial score (nSPS) is 13.6. The summed E-state index contributed by atoms with van der Waals surface area (Å²) >= 11 is 0. The van der Waals surface area contributed by atoms with Crippen LogP contribution < -0.4 is 4.90 Å². The summed E-state index contributed by atoms with van der Waals surface area (Å²) in [6.45, 7) is 4.74. The van der Waals surface area contributed by atoms with E-state index in [9.17, 15) is 0 Å². The third-order valence-corrected chi connectivity index (χ3v) is 14.2. The number of benzene rings is 10. The second-order valence-electron chi connectivity index (χ2n) is 18.0. The minimum absolute atomic E-state index is 0.154. The number of anilines is 3. The molecule has 0 bridgehead atoms. The first-order valence-corrected chi connectivity index (χ1v) is 22.8. The summed E-state index contributed by atoms with van der Waals surface area (Å²) in [6.07, 6.45) is 0. The number of rotatable bonds is 8. The van der Waals surface area contributed by atoms with Crippen LogP contribution in [-0.2, 0) is 10.8 Å². The zero-order chi connectivity index (χ0) is 43.5. The minimum Gasteiger partial charge on any atom is -0.310 e. The summed E-state index contributed by atoms with van der Waals surface area (Å²) in [5.41, 5.74) is 22.8. The third kappa shape index (κ3) is 6.15. The van der Waals surface area contributed by atoms with Crippen molar-refractivity contribution < 1.29 is 0 Å². The van der Waals surface area contributed by atoms with Gasteiger partial charge in [0.05, 0.1) is 11.1 Å². The zero-order valence-electron chi connectivity index (χ0n) is 36.6. The van der Waals surface area contributed by atoms with Gasteiger partial charge in [-0.1, -0.05) is 220 Å². The highest BCUT2D eigenvalue weighted by atomic mass is 15.1. The number of hydrogen-bond acceptors (Lipinski definition) is 1. The first-order valence-electron chi connectivity index (χ1n) is 22.8. The van der Waals surface area contributed by atoms with E-state index in [2.05, 4.69) is 267 Å². The summed E-state index contributed by atoms with van der Waals surface area (Å²) in [4.78, 5) is 2.48. The molecule has 10 aromatic carbocycles. The summed E-state index contributed by atoms with van der Waals surface area (Å²) in [6, 6.07) is 92.2. The Morgan fingerprint density at radius 1 is 0.277 bits per heavy atom. The van der Waals surface area contributed by atoms with E-state index in [4.69, 9.17) is 0 Å². The second kappa shape index (κ2) is 15.4. The van der Waals surface area contributed by atoms with Gasteiger partial charge in [0.1, 0.15) is 0 Å². The van der Waals surface area contributed by atoms with Crippen molar-refractivity contribution in [2.24, 2.45) is 0 Å². The third-order valence-electron chi connectivity index (χ3n) is 14.2. The van der Waals surface area contributed by atoms with E-state index < -0.39 is 5.41 Å². The molecule has 0 aromatic heterocycles. The maximum Gasteiger partial charge on any atom is 0.0713 e. The molecule has 10 aromatic rings. The van der Waals surface area contributed by atoms with Crippen LogP contribution in [0.25, 0.3) is 55.6 Å². The van der Waals surface area contributed by atoms with E-state index in [0.29, 0.717) is 0 Å². The van der Waals surface area contributed by atoms with Crippen molar-refractivity contribution in [2.75, 3.05) is 4.90 Å². The quantitative estimate of drug-likeness (QED) is 0.147. The van der Waals surface area contributed by atoms with Gasteiger partial charge in [0.25, 0.3) is 0 Å². The molecule has 0 saturated heterocycles. The van der Waals surface area contributed by atoms with Gasteiger partial charge in [-0.25, -0.2) is 0 Å². The summed E-state index contributed by atoms with van der Waals surface area (Å²) in [5, 5.41) is 0. The van der Waals surface area contributed by atoms with Crippen molar-refractivity contribution in [1.82, 2.24) is 0 Å². The maximum atomic E-state index is 2.48. The van der Waals surface area contributed by atoms with Crippen LogP contribution in [0.3, 0.4) is 0 Å². The fourth-order valence-electron chi connectivity index (χ4n) is 11.1. The van der Waals surface area contributed by atoms with E-state index in [1.54, 1.807) is 0 Å². The average molecular weight is 830 g/mol. The average Bonchev–Trinajstić information content (AvgIpc) is 3.80. The molecule has 2 aliphatic carbocycles. The van der Waals surface area contributed by atoms with Crippen molar-refractivity contribution in [3.63, 3.8) is 0 Å². The van der Waals surface area contributed by atoms with Gasteiger partial charge in [-0.15, -0.1) is 0 Å². The fraction of sp³-hybridized carbons (Fsp3) is 0.0625. The van der Waals surface area contributed by atoms with Gasteiger partial charge in [0, 0.05) is 22.4 Å². The predicted molar refractivity (Wildman–Crippen MR) is 272 cm³/mol. The molecule has 0 spiro atoms. The highest BCUT2D eigenvalue weighted by Gasteiger charge is 2.46. The second-order valence-corrected chi connectivity index (χ2v) is 18.0. The minimum atomic E-state index is -0.519. The Kier molecular flexibility index (Phi) is 9.14. The largest absolute Gasteiger partial charge is 0.310 e. The fourth-order valence-corrected chi connectivity index (χ4v) is 11.1. The Morgan fingerprint density at radius 3 is 1.38 bits per heavy atom. The van der Waals surface area contributed by atoms with Gasteiger partial charge in [-0.3, -0.25) is 0 Å². The molecule has 0 fully saturated rings. The number of nitrogens with zero attached hydrogens (tertiary/aromatic N) is 1. The SMILES string of the molecule is CC1(C)c2ccccc2-c2ccc(N(c3ccc(-c4ccccc4)cc3)c3ccc(-c4ccccc4)cc3-c3cccc(C4(c5ccccc5)c5ccccc5-c5ccccc54)c3)cc21. The molecular weight excluding hydrogens is 783 g/mol. The van der Waals surface area contributed by atoms with Crippen molar-refractivity contribution in [2.45, 2.75) is 24.7 Å². The van der Waals surface area contributed by atoms with Crippen molar-refractivity contribution >= 4 is 17.1 Å². The molecule has 0 N–H and O–H groups in total. The molecule has 0 unspecified atom stereocenters. The number of hydrogen-bond donors (Lipinski definition) is 0. The molecule has 0 radical (unpaired) electrons. The lowest BCUT2D eigenvalue weighted by Gasteiger charge is -2.34. The van der Waals surface area contributed by atoms with Gasteiger partial charge in [0.2, 0.25) is 0 Å². The van der Waals surface area contributed by atoms with Crippen LogP contribution in [0.5, 0.6) is 0 Å². The molecule has 0 atom stereocenters. The Morgan fingerprint density at radius 2 is 0.738 bits per heavy atom. The lowest BCUT2D eigenvalue weighted by molar-refractivity contribution is 0.660. The molecule has 0 saturated carbocycles. The molecule has 65 heavy (non-hydrogen) atoms. The van der Waals surface area contributed by atoms with Gasteiger partial charge in [-0.2, -0.15) is 0 Å². The summed E-state index contributed by atoms with van der Waals surface area (Å²) < 4.78 is 0. The molecule has 12 rings (SSSR count). The Bertz CT molecular complexity index is 3340. The van der Waals surface area contributed by atoms with Gasteiger partial charge in [0.15, 0.2) is 0 Å². The maximum absolute atomic E-state index is 2.48. The zero-order valence-corrected chi connectivity index (χ0v) is 36.6. The summed E-state index contributed by atoms with van der Waals surface area (Å²) in [5.74, 6) is 0. The highest BCUT2D eigenvalue weighted by Crippen LogP contribution is 2.57. The van der Waals surface area contributed by atoms with E-state index in [-0.39, 0.29) is 5.41 Å². The van der Waals surface area contributed by atoms with Crippen molar-refractivity contribution in [3.05, 3.63) is 282 Å². The predicted octanol–water partition coefficient (Wildman–Crippen LogP) is 16.8. The van der Waals surface area contributed by atoms with E-state index in [1.165, 1.54) is 77.9 Å². The van der Waals surface area contributed by atoms with E-state index >= 15 is 0 Å². The van der Waals surface area contributed by atoms with Crippen LogP contribution in [0.15, 0.2) is 249 Å². The standard InChI is InChI=1S/C64H47N/c1-63(2)58-30-15-12-27-53(58)56-39-38-52(43-61(56)63)65(51-36-33-46(34-37-51)44-19-6-3-7-20-44)62-40-35-47(45-21-8-4-9-22-45)42-57(62)48-23-18-26-50(41-48)64(49-24-10-5-11-25-49)59-31-16-13-28-54(59)55-29-14-17-32-60(55)64/h3-43H,1-2H3. The van der Waals surface area contributed by atoms with Crippen LogP contribution >= 0.6 is 0 Å². The van der Waals surface area contributed by atoms with Crippen LogP contribution in [0.1, 0.15) is 47.2 Å². The van der Waals surface area contributed by atoms with Crippen LogP contribution in [0.2, 0.25) is 0 Å². The topological polar surface area (TPSA) is 3.24 Å². The summed E-state index contributed by atoms with van der Waals surface area (Å²) in [7, 11) is 0. The number of fused-ring (bicyclic) bond motifs is 6. The molecule has 308 valence electrons. The molecule has 1 nitrogen and oxygen atoms in total. The lowest BCUT2D eigenvalue weighted by Crippen LogP contribution is -2.28. The van der Waals surface area contributed by atoms with Crippen LogP contribution in [-0.4, -0.2) is 0 Å². The van der Waals surface area contributed by atoms with Crippen LogP contribution in [0.4, 0.5) is 17.1 Å². The molecule has 1 heteroatoms. The van der Waals surface area contributed by atoms with Crippen LogP contribution in [0, 0.1) is 0 Å². The smallest absolute Gasteiger partial charge is 0.0713 e. The molecule has 0 aliphatic heterocycles. The Labute approximate surface area is 382 Å². The van der Waals surface area contributed by atoms with Gasteiger partial charge < -0.3 is 4.90 Å². The van der Waals surface area contributed by atoms with Crippen molar-refractivity contribution in [3.8, 4) is 55.6 Å². The molecule has 2 aliphatic rings. The van der Waals surface area contributed by atoms with E-state index in [1.807, 2.05) is 0 Å². The molecule has 0 heterocycles. The van der Waals surface area contributed by atoms with Gasteiger partial charge in [-0.05, 0) is 126 Å². The highest BCUT2D eigenvalue weighted by molar-refractivity contribution is 5.94. The monoisotopic (exact) mass is 829 g/mol. The lowest BCUT2D eigenvalue weighted by atomic mass is 9.67. The van der Waals surface area contributed by atoms with E-state index in [0.717, 1.165) is 28.2 Å². The first-order chi connectivity index (χ1) is 32.0. The Hall–Kier alpha value is -8.00. The molecule has 0 amide bonds. The first kappa shape index (κ1) is 38.7. The molecular formula is C64H47N. The van der Waals surface area contributed by atoms with Gasteiger partial charge >= 0.3 is 0 Å². The van der Waals surface area contributed by atoms with Crippen molar-refractivity contribution in [1.29, 1.82) is 0 Å². The Balaban J connectivity index is 1.11.